The lowest BCUT2D eigenvalue weighted by molar-refractivity contribution is 0.416. The highest BCUT2D eigenvalue weighted by atomic mass is 79.9. The van der Waals surface area contributed by atoms with Gasteiger partial charge in [-0.2, -0.15) is 5.10 Å². The molecule has 0 fully saturated rings. The van der Waals surface area contributed by atoms with E-state index in [0.717, 1.165) is 27.2 Å². The lowest BCUT2D eigenvalue weighted by Crippen LogP contribution is -2.04. The minimum Gasteiger partial charge on any atom is -0.496 e. The molecule has 0 atom stereocenters. The van der Waals surface area contributed by atoms with Crippen LogP contribution in [0.3, 0.4) is 0 Å². The minimum absolute atomic E-state index is 0.444. The van der Waals surface area contributed by atoms with Crippen molar-refractivity contribution < 1.29 is 4.74 Å². The number of aryl methyl sites for hydroxylation is 1. The molecule has 2 rings (SSSR count). The molecule has 0 aliphatic carbocycles. The number of nitrogens with two attached hydrogens (primary N) is 1. The topological polar surface area (TPSA) is 53.1 Å². The molecule has 17 heavy (non-hydrogen) atoms. The van der Waals surface area contributed by atoms with E-state index in [9.17, 15) is 0 Å². The van der Waals surface area contributed by atoms with Gasteiger partial charge < -0.3 is 10.5 Å². The van der Waals surface area contributed by atoms with E-state index in [4.69, 9.17) is 10.5 Å². The van der Waals surface area contributed by atoms with Crippen LogP contribution in [0.1, 0.15) is 5.69 Å². The van der Waals surface area contributed by atoms with Gasteiger partial charge >= 0.3 is 0 Å². The first-order chi connectivity index (χ1) is 8.19. The molecule has 1 heterocycles. The minimum atomic E-state index is 0.444. The van der Waals surface area contributed by atoms with Gasteiger partial charge in [-0.15, -0.1) is 0 Å². The second-order valence-corrected chi connectivity index (χ2v) is 4.43. The second kappa shape index (κ2) is 4.89. The fraction of sp³-hybridized carbons (Fsp3) is 0.250. The third-order valence-electron chi connectivity index (χ3n) is 2.66. The summed E-state index contributed by atoms with van der Waals surface area (Å²) in [5, 5.41) is 4.47. The Morgan fingerprint density at radius 3 is 2.71 bits per heavy atom. The molecule has 2 aromatic rings. The molecular weight excluding hydrogens is 282 g/mol. The number of hydrogen-bond acceptors (Lipinski definition) is 3. The molecule has 0 radical (unpaired) electrons. The highest BCUT2D eigenvalue weighted by molar-refractivity contribution is 9.10. The molecule has 1 aromatic heterocycles. The van der Waals surface area contributed by atoms with Crippen LogP contribution in [0.2, 0.25) is 0 Å². The van der Waals surface area contributed by atoms with Crippen LogP contribution in [0.15, 0.2) is 28.7 Å². The molecule has 0 unspecified atom stereocenters. The van der Waals surface area contributed by atoms with Gasteiger partial charge in [-0.1, -0.05) is 12.1 Å². The van der Waals surface area contributed by atoms with Gasteiger partial charge in [-0.05, 0) is 28.1 Å². The van der Waals surface area contributed by atoms with E-state index in [0.29, 0.717) is 6.54 Å². The number of benzene rings is 1. The molecule has 0 spiro atoms. The fourth-order valence-electron chi connectivity index (χ4n) is 1.77. The largest absolute Gasteiger partial charge is 0.496 e. The first kappa shape index (κ1) is 12.1. The molecule has 2 N–H and O–H groups in total. The zero-order valence-corrected chi connectivity index (χ0v) is 11.4. The van der Waals surface area contributed by atoms with Gasteiger partial charge in [0, 0.05) is 19.2 Å². The highest BCUT2D eigenvalue weighted by Gasteiger charge is 2.16. The maximum atomic E-state index is 5.69. The van der Waals surface area contributed by atoms with E-state index in [1.807, 2.05) is 31.3 Å². The van der Waals surface area contributed by atoms with E-state index in [2.05, 4.69) is 21.0 Å². The Balaban J connectivity index is 2.61. The van der Waals surface area contributed by atoms with E-state index in [-0.39, 0.29) is 0 Å². The Kier molecular flexibility index (Phi) is 3.49. The zero-order chi connectivity index (χ0) is 12.4. The van der Waals surface area contributed by atoms with E-state index >= 15 is 0 Å². The van der Waals surface area contributed by atoms with Crippen molar-refractivity contribution >= 4 is 15.9 Å². The number of methoxy groups -OCH3 is 1. The average Bonchev–Trinajstić information content (AvgIpc) is 2.64. The molecule has 90 valence electrons. The zero-order valence-electron chi connectivity index (χ0n) is 9.77. The van der Waals surface area contributed by atoms with Crippen molar-refractivity contribution in [3.63, 3.8) is 0 Å². The van der Waals surface area contributed by atoms with Crippen LogP contribution in [-0.2, 0) is 13.6 Å². The van der Waals surface area contributed by atoms with Crippen LogP contribution in [-0.4, -0.2) is 16.9 Å². The summed E-state index contributed by atoms with van der Waals surface area (Å²) in [4.78, 5) is 0. The third kappa shape index (κ3) is 2.08. The average molecular weight is 296 g/mol. The Labute approximate surface area is 109 Å². The van der Waals surface area contributed by atoms with E-state index in [1.54, 1.807) is 11.8 Å². The summed E-state index contributed by atoms with van der Waals surface area (Å²) in [7, 11) is 3.53. The van der Waals surface area contributed by atoms with Crippen molar-refractivity contribution in [3.8, 4) is 17.0 Å². The van der Waals surface area contributed by atoms with Crippen LogP contribution in [0.4, 0.5) is 0 Å². The first-order valence-electron chi connectivity index (χ1n) is 5.23. The maximum absolute atomic E-state index is 5.69. The lowest BCUT2D eigenvalue weighted by Gasteiger charge is -2.05. The summed E-state index contributed by atoms with van der Waals surface area (Å²) in [6, 6.07) is 7.79. The number of rotatable bonds is 3. The standard InChI is InChI=1S/C12H14BrN3O/c1-16-9(7-14)11(13)12(15-16)8-5-3-4-6-10(8)17-2/h3-6H,7,14H2,1-2H3. The SMILES string of the molecule is COc1ccccc1-c1nn(C)c(CN)c1Br. The van der Waals surface area contributed by atoms with Crippen molar-refractivity contribution in [1.82, 2.24) is 9.78 Å². The molecular formula is C12H14BrN3O. The molecule has 0 saturated heterocycles. The molecule has 1 aromatic carbocycles. The second-order valence-electron chi connectivity index (χ2n) is 3.64. The quantitative estimate of drug-likeness (QED) is 0.945. The van der Waals surface area contributed by atoms with Crippen LogP contribution in [0.25, 0.3) is 11.3 Å². The van der Waals surface area contributed by atoms with Gasteiger partial charge in [0.1, 0.15) is 11.4 Å². The molecule has 0 saturated carbocycles. The predicted octanol–water partition coefficient (Wildman–Crippen LogP) is 2.32. The van der Waals surface area contributed by atoms with Crippen LogP contribution in [0.5, 0.6) is 5.75 Å². The number of para-hydroxylation sites is 1. The van der Waals surface area contributed by atoms with Crippen LogP contribution >= 0.6 is 15.9 Å². The Bertz CT molecular complexity index is 537. The van der Waals surface area contributed by atoms with Crippen molar-refractivity contribution in [2.75, 3.05) is 7.11 Å². The molecule has 0 aliphatic rings. The summed E-state index contributed by atoms with van der Waals surface area (Å²) in [6.45, 7) is 0.444. The summed E-state index contributed by atoms with van der Waals surface area (Å²) in [5.41, 5.74) is 8.46. The van der Waals surface area contributed by atoms with Crippen molar-refractivity contribution in [2.24, 2.45) is 12.8 Å². The van der Waals surface area contributed by atoms with Gasteiger partial charge in [0.15, 0.2) is 0 Å². The van der Waals surface area contributed by atoms with Crippen molar-refractivity contribution in [2.45, 2.75) is 6.54 Å². The Hall–Kier alpha value is -1.33. The van der Waals surface area contributed by atoms with Crippen LogP contribution < -0.4 is 10.5 Å². The van der Waals surface area contributed by atoms with Crippen molar-refractivity contribution in [1.29, 1.82) is 0 Å². The number of ether oxygens (including phenoxy) is 1. The first-order valence-corrected chi connectivity index (χ1v) is 6.03. The summed E-state index contributed by atoms with van der Waals surface area (Å²) in [6.07, 6.45) is 0. The predicted molar refractivity (Wildman–Crippen MR) is 70.8 cm³/mol. The Morgan fingerprint density at radius 2 is 2.12 bits per heavy atom. The molecule has 5 heteroatoms. The van der Waals surface area contributed by atoms with Gasteiger partial charge in [0.05, 0.1) is 17.3 Å². The number of halogens is 1. The summed E-state index contributed by atoms with van der Waals surface area (Å²) in [5.74, 6) is 0.801. The summed E-state index contributed by atoms with van der Waals surface area (Å²) >= 11 is 3.54. The highest BCUT2D eigenvalue weighted by Crippen LogP contribution is 2.35. The van der Waals surface area contributed by atoms with Gasteiger partial charge in [0.2, 0.25) is 0 Å². The van der Waals surface area contributed by atoms with Crippen molar-refractivity contribution in [3.05, 3.63) is 34.4 Å². The number of hydrogen-bond donors (Lipinski definition) is 1. The Morgan fingerprint density at radius 1 is 1.41 bits per heavy atom. The van der Waals surface area contributed by atoms with E-state index in [1.165, 1.54) is 0 Å². The molecule has 0 bridgehead atoms. The molecule has 0 amide bonds. The molecule has 0 aliphatic heterocycles. The normalized spacial score (nSPS) is 10.6. The monoisotopic (exact) mass is 295 g/mol. The van der Waals surface area contributed by atoms with E-state index < -0.39 is 0 Å². The molecule has 4 nitrogen and oxygen atoms in total. The van der Waals surface area contributed by atoms with Gasteiger partial charge in [0.25, 0.3) is 0 Å². The fourth-order valence-corrected chi connectivity index (χ4v) is 2.48. The number of aromatic nitrogens is 2. The maximum Gasteiger partial charge on any atom is 0.128 e. The van der Waals surface area contributed by atoms with Crippen LogP contribution in [0, 0.1) is 0 Å². The lowest BCUT2D eigenvalue weighted by atomic mass is 10.1. The third-order valence-corrected chi connectivity index (χ3v) is 3.49. The smallest absolute Gasteiger partial charge is 0.128 e. The van der Waals surface area contributed by atoms with Gasteiger partial charge in [-0.3, -0.25) is 4.68 Å². The number of nitrogens with zero attached hydrogens (tertiary/aromatic N) is 2. The van der Waals surface area contributed by atoms with Gasteiger partial charge in [-0.25, -0.2) is 0 Å². The summed E-state index contributed by atoms with van der Waals surface area (Å²) < 4.78 is 8.04.